The highest BCUT2D eigenvalue weighted by molar-refractivity contribution is 7.89. The summed E-state index contributed by atoms with van der Waals surface area (Å²) in [6, 6.07) is 1.86. The molecule has 0 saturated carbocycles. The number of rotatable bonds is 4. The Hall–Kier alpha value is -1.93. The van der Waals surface area contributed by atoms with E-state index in [-0.39, 0.29) is 16.2 Å². The van der Waals surface area contributed by atoms with Crippen LogP contribution in [0, 0.1) is 0 Å². The maximum atomic E-state index is 12.4. The molecule has 1 aromatic carbocycles. The number of hydrazone groups is 1. The van der Waals surface area contributed by atoms with Gasteiger partial charge >= 0.3 is 0 Å². The van der Waals surface area contributed by atoms with Gasteiger partial charge in [0.2, 0.25) is 16.3 Å². The van der Waals surface area contributed by atoms with Gasteiger partial charge in [-0.1, -0.05) is 13.3 Å². The quantitative estimate of drug-likeness (QED) is 0.862. The van der Waals surface area contributed by atoms with Gasteiger partial charge in [0.15, 0.2) is 12.2 Å². The van der Waals surface area contributed by atoms with Crippen LogP contribution in [0.2, 0.25) is 0 Å². The van der Waals surface area contributed by atoms with Crippen molar-refractivity contribution in [1.82, 2.24) is 5.43 Å². The summed E-state index contributed by atoms with van der Waals surface area (Å²) in [7, 11) is -4.03. The van der Waals surface area contributed by atoms with Gasteiger partial charge < -0.3 is 4.74 Å². The highest BCUT2D eigenvalue weighted by Gasteiger charge is 2.33. The summed E-state index contributed by atoms with van der Waals surface area (Å²) in [5, 5.41) is 9.29. The molecule has 0 fully saturated rings. The smallest absolute Gasteiger partial charge is 0.239 e. The van der Waals surface area contributed by atoms with E-state index in [4.69, 9.17) is 9.88 Å². The summed E-state index contributed by atoms with van der Waals surface area (Å²) in [6.45, 7) is 1.94. The largest absolute Gasteiger partial charge is 0.453 e. The summed E-state index contributed by atoms with van der Waals surface area (Å²) in [6.07, 6.45) is 3.64. The van der Waals surface area contributed by atoms with Crippen LogP contribution in [0.4, 0.5) is 0 Å². The van der Waals surface area contributed by atoms with E-state index in [9.17, 15) is 13.2 Å². The van der Waals surface area contributed by atoms with Crippen molar-refractivity contribution < 1.29 is 17.9 Å². The molecule has 0 radical (unpaired) electrons. The number of ether oxygens (including phenoxy) is 1. The third-order valence-electron chi connectivity index (χ3n) is 4.14. The number of aryl methyl sites for hydroxylation is 1. The molecule has 2 aliphatic rings. The maximum absolute atomic E-state index is 12.4. The number of hydrogen-bond donors (Lipinski definition) is 2. The van der Waals surface area contributed by atoms with Crippen LogP contribution in [-0.2, 0) is 27.6 Å². The van der Waals surface area contributed by atoms with Crippen molar-refractivity contribution in [3.8, 4) is 0 Å². The van der Waals surface area contributed by atoms with Crippen LogP contribution >= 0.6 is 0 Å². The van der Waals surface area contributed by atoms with Crippen molar-refractivity contribution in [2.24, 2.45) is 10.2 Å². The third-order valence-corrected chi connectivity index (χ3v) is 5.16. The van der Waals surface area contributed by atoms with Crippen LogP contribution in [0.1, 0.15) is 59.5 Å². The van der Waals surface area contributed by atoms with E-state index < -0.39 is 16.3 Å². The maximum Gasteiger partial charge on any atom is 0.239 e. The van der Waals surface area contributed by atoms with Crippen LogP contribution in [0.5, 0.6) is 0 Å². The molecule has 1 atom stereocenters. The Morgan fingerprint density at radius 3 is 2.83 bits per heavy atom. The summed E-state index contributed by atoms with van der Waals surface area (Å²) < 4.78 is 29.9. The molecule has 1 heterocycles. The Morgan fingerprint density at radius 1 is 1.43 bits per heavy atom. The van der Waals surface area contributed by atoms with Crippen LogP contribution in [0.15, 0.2) is 16.1 Å². The number of primary sulfonamides is 1. The molecule has 7 nitrogen and oxygen atoms in total. The minimum atomic E-state index is -4.03. The van der Waals surface area contributed by atoms with Crippen molar-refractivity contribution in [2.75, 3.05) is 0 Å². The van der Waals surface area contributed by atoms with E-state index in [2.05, 4.69) is 10.5 Å². The highest BCUT2D eigenvalue weighted by Crippen LogP contribution is 2.36. The first-order valence-corrected chi connectivity index (χ1v) is 9.15. The zero-order chi connectivity index (χ0) is 16.6. The van der Waals surface area contributed by atoms with E-state index >= 15 is 0 Å². The van der Waals surface area contributed by atoms with Crippen molar-refractivity contribution >= 4 is 22.2 Å². The summed E-state index contributed by atoms with van der Waals surface area (Å²) >= 11 is 0. The van der Waals surface area contributed by atoms with Crippen molar-refractivity contribution in [3.63, 3.8) is 0 Å². The van der Waals surface area contributed by atoms with Crippen molar-refractivity contribution in [1.29, 1.82) is 0 Å². The lowest BCUT2D eigenvalue weighted by molar-refractivity contribution is 0.0968. The molecule has 0 saturated heterocycles. The summed E-state index contributed by atoms with van der Waals surface area (Å²) in [4.78, 5) is 12.3. The van der Waals surface area contributed by atoms with Gasteiger partial charge in [-0.25, -0.2) is 13.6 Å². The second-order valence-electron chi connectivity index (χ2n) is 5.76. The minimum Gasteiger partial charge on any atom is -0.453 e. The predicted molar refractivity (Wildman–Crippen MR) is 84.5 cm³/mol. The number of carbonyl (C=O) groups is 1. The first-order valence-electron chi connectivity index (χ1n) is 7.60. The lowest BCUT2D eigenvalue weighted by Crippen LogP contribution is -2.26. The molecule has 0 amide bonds. The number of ketones is 1. The van der Waals surface area contributed by atoms with Gasteiger partial charge in [-0.05, 0) is 36.5 Å². The normalized spacial score (nSPS) is 20.1. The van der Waals surface area contributed by atoms with Crippen molar-refractivity contribution in [2.45, 2.75) is 50.2 Å². The fraction of sp³-hybridized carbons (Fsp3) is 0.467. The Balaban J connectivity index is 2.31. The SMILES string of the molecule is CCCc1c(C2NN=CO2)cc2c(c1S(N)(=O)=O)C(=O)CCC2. The van der Waals surface area contributed by atoms with Crippen LogP contribution in [0.25, 0.3) is 0 Å². The molecule has 23 heavy (non-hydrogen) atoms. The minimum absolute atomic E-state index is 0.0335. The molecular weight excluding hydrogens is 318 g/mol. The van der Waals surface area contributed by atoms with Gasteiger partial charge in [0.05, 0.1) is 4.90 Å². The van der Waals surface area contributed by atoms with Gasteiger partial charge in [-0.3, -0.25) is 10.2 Å². The van der Waals surface area contributed by atoms with Gasteiger partial charge in [-0.2, -0.15) is 0 Å². The average Bonchev–Trinajstić information content (AvgIpc) is 3.00. The van der Waals surface area contributed by atoms with Gasteiger partial charge in [0.25, 0.3) is 0 Å². The first kappa shape index (κ1) is 15.9. The van der Waals surface area contributed by atoms with E-state index in [1.807, 2.05) is 13.0 Å². The standard InChI is InChI=1S/C15H19N3O4S/c1-2-4-10-11(15-18-17-8-22-15)7-9-5-3-6-12(19)13(9)14(10)23(16,20)21/h7-8,15,18H,2-6H2,1H3,(H2,16,20,21). The van der Waals surface area contributed by atoms with Crippen LogP contribution in [-0.4, -0.2) is 20.6 Å². The van der Waals surface area contributed by atoms with Crippen LogP contribution < -0.4 is 10.6 Å². The molecule has 1 aliphatic carbocycles. The lowest BCUT2D eigenvalue weighted by Gasteiger charge is -2.25. The van der Waals surface area contributed by atoms with E-state index in [1.165, 1.54) is 6.40 Å². The second-order valence-corrected chi connectivity index (χ2v) is 7.26. The molecule has 124 valence electrons. The molecular formula is C15H19N3O4S. The number of hydrogen-bond acceptors (Lipinski definition) is 6. The Kier molecular flexibility index (Phi) is 4.11. The Bertz CT molecular complexity index is 778. The first-order chi connectivity index (χ1) is 10.9. The van der Waals surface area contributed by atoms with E-state index in [0.717, 1.165) is 12.0 Å². The monoisotopic (exact) mass is 337 g/mol. The molecule has 0 bridgehead atoms. The molecule has 0 aromatic heterocycles. The number of Topliss-reactive ketones (excluding diaryl/α,β-unsaturated/α-hetero) is 1. The molecule has 1 aliphatic heterocycles. The Labute approximate surface area is 134 Å². The molecule has 1 aromatic rings. The number of nitrogens with two attached hydrogens (primary N) is 1. The van der Waals surface area contributed by atoms with Gasteiger partial charge in [0.1, 0.15) is 0 Å². The van der Waals surface area contributed by atoms with Gasteiger partial charge in [-0.15, -0.1) is 5.10 Å². The highest BCUT2D eigenvalue weighted by atomic mass is 32.2. The second kappa shape index (κ2) is 5.93. The zero-order valence-corrected chi connectivity index (χ0v) is 13.6. The van der Waals surface area contributed by atoms with E-state index in [0.29, 0.717) is 36.8 Å². The molecule has 1 unspecified atom stereocenters. The average molecular weight is 337 g/mol. The van der Waals surface area contributed by atoms with Crippen LogP contribution in [0.3, 0.4) is 0 Å². The molecule has 3 rings (SSSR count). The predicted octanol–water partition coefficient (Wildman–Crippen LogP) is 1.37. The number of sulfonamides is 1. The molecule has 3 N–H and O–H groups in total. The van der Waals surface area contributed by atoms with E-state index in [1.54, 1.807) is 0 Å². The fourth-order valence-electron chi connectivity index (χ4n) is 3.26. The topological polar surface area (TPSA) is 111 Å². The Morgan fingerprint density at radius 2 is 2.22 bits per heavy atom. The number of nitrogens with zero attached hydrogens (tertiary/aromatic N) is 1. The number of benzene rings is 1. The van der Waals surface area contributed by atoms with Gasteiger partial charge in [0, 0.05) is 17.5 Å². The fourth-order valence-corrected chi connectivity index (χ4v) is 4.35. The number of carbonyl (C=O) groups excluding carboxylic acids is 1. The lowest BCUT2D eigenvalue weighted by atomic mass is 9.85. The summed E-state index contributed by atoms with van der Waals surface area (Å²) in [5.41, 5.74) is 5.01. The van der Waals surface area contributed by atoms with Crippen molar-refractivity contribution in [3.05, 3.63) is 28.3 Å². The molecule has 0 spiro atoms. The third kappa shape index (κ3) is 2.84. The number of nitrogens with one attached hydrogen (secondary N) is 1. The molecule has 8 heteroatoms. The zero-order valence-electron chi connectivity index (χ0n) is 12.8. The summed E-state index contributed by atoms with van der Waals surface area (Å²) in [5.74, 6) is -0.157. The number of fused-ring (bicyclic) bond motifs is 1.